The first-order valence-corrected chi connectivity index (χ1v) is 28.6. The molecule has 2 atom stereocenters. The number of H-pyrrole nitrogens is 1. The van der Waals surface area contributed by atoms with Crippen LogP contribution < -0.4 is 16.0 Å². The number of amides is 4. The van der Waals surface area contributed by atoms with Crippen LogP contribution in [0, 0.1) is 23.1 Å². The number of aromatic amines is 1. The Kier molecular flexibility index (Phi) is 20.2. The van der Waals surface area contributed by atoms with E-state index in [1.165, 1.54) is 31.4 Å². The third-order valence-electron chi connectivity index (χ3n) is 16.7. The van der Waals surface area contributed by atoms with Crippen molar-refractivity contribution >= 4 is 52.7 Å². The van der Waals surface area contributed by atoms with Crippen molar-refractivity contribution in [2.45, 2.75) is 147 Å². The summed E-state index contributed by atoms with van der Waals surface area (Å²) in [4.78, 5) is 82.1. The van der Waals surface area contributed by atoms with Gasteiger partial charge in [0.25, 0.3) is 0 Å². The number of hydrogen-bond donors (Lipinski definition) is 4. The van der Waals surface area contributed by atoms with E-state index in [9.17, 15) is 14.0 Å². The van der Waals surface area contributed by atoms with Crippen LogP contribution in [-0.2, 0) is 56.7 Å². The van der Waals surface area contributed by atoms with Gasteiger partial charge in [-0.05, 0) is 117 Å². The molecule has 16 nitrogen and oxygen atoms in total. The number of urea groups is 1. The summed E-state index contributed by atoms with van der Waals surface area (Å²) < 4.78 is 23.1. The largest absolute Gasteiger partial charge is 0.375 e. The molecular formula is C57H78ClFN10O6S. The van der Waals surface area contributed by atoms with E-state index in [1.807, 2.05) is 29.9 Å². The maximum Gasteiger partial charge on any atom is 0.351 e. The van der Waals surface area contributed by atoms with Crippen molar-refractivity contribution in [2.24, 2.45) is 24.3 Å². The predicted octanol–water partition coefficient (Wildman–Crippen LogP) is 8.43. The number of rotatable bonds is 20. The van der Waals surface area contributed by atoms with Crippen LogP contribution in [0.3, 0.4) is 0 Å². The molecule has 19 heteroatoms. The number of hydroxylamine groups is 2. The molecule has 2 aliphatic carbocycles. The first-order chi connectivity index (χ1) is 36.9. The smallest absolute Gasteiger partial charge is 0.351 e. The van der Waals surface area contributed by atoms with Gasteiger partial charge in [-0.2, -0.15) is 0 Å². The van der Waals surface area contributed by atoms with Gasteiger partial charge in [-0.25, -0.2) is 23.9 Å². The number of nitrogens with one attached hydrogen (secondary N) is 4. The molecule has 4 N–H and O–H groups in total. The van der Waals surface area contributed by atoms with Crippen LogP contribution in [0.25, 0.3) is 0 Å². The van der Waals surface area contributed by atoms with Crippen molar-refractivity contribution < 1.29 is 33.1 Å². The van der Waals surface area contributed by atoms with Crippen LogP contribution in [0.4, 0.5) is 9.18 Å². The molecule has 2 saturated heterocycles. The van der Waals surface area contributed by atoms with Crippen molar-refractivity contribution in [3.05, 3.63) is 107 Å². The standard InChI is InChI=1S/C57H78ClFN10O6S/c1-3-34-74-57(44-12-8-5-9-13-44)26-32-68(33-27-57)52(71)50(36-42-16-20-46(59)21-17-42)69(55(73)63-28-22-47-37-60-39-64-47)75-53(72)56(43-10-6-4-7-11-43)24-30-67(31-25-56)51(70)49(35-41-14-18-45(58)19-15-41)65-54(76)62-29-23-48-38-61-40-66(48)2/h14-21,37-40,43-44,49-50H,3-13,22-36H2,1-2H3,(H,60,64)(H,63,73)(H2,62,65,76)/t49-,50-/m1/s1. The van der Waals surface area contributed by atoms with Gasteiger partial charge in [0.05, 0.1) is 23.7 Å². The molecule has 4 heterocycles. The first-order valence-electron chi connectivity index (χ1n) is 27.8. The van der Waals surface area contributed by atoms with Crippen LogP contribution in [0.5, 0.6) is 0 Å². The van der Waals surface area contributed by atoms with Gasteiger partial charge >= 0.3 is 12.0 Å². The molecule has 2 aromatic heterocycles. The molecular weight excluding hydrogens is 1010 g/mol. The Balaban J connectivity index is 1.05. The second kappa shape index (κ2) is 27.1. The molecule has 2 aliphatic heterocycles. The zero-order chi connectivity index (χ0) is 53.5. The quantitative estimate of drug-likeness (QED) is 0.0493. The van der Waals surface area contributed by atoms with Crippen molar-refractivity contribution in [3.63, 3.8) is 0 Å². The number of ether oxygens (including phenoxy) is 1. The Morgan fingerprint density at radius 1 is 0.803 bits per heavy atom. The summed E-state index contributed by atoms with van der Waals surface area (Å²) in [5.74, 6) is -1.22. The van der Waals surface area contributed by atoms with E-state index in [2.05, 4.69) is 37.8 Å². The Labute approximate surface area is 457 Å². The lowest BCUT2D eigenvalue weighted by Crippen LogP contribution is -2.60. The van der Waals surface area contributed by atoms with E-state index in [4.69, 9.17) is 33.4 Å². The highest BCUT2D eigenvalue weighted by atomic mass is 35.5. The Morgan fingerprint density at radius 2 is 1.42 bits per heavy atom. The first kappa shape index (κ1) is 56.6. The van der Waals surface area contributed by atoms with Crippen LogP contribution in [0.15, 0.2) is 73.6 Å². The molecule has 412 valence electrons. The summed E-state index contributed by atoms with van der Waals surface area (Å²) in [6, 6.07) is 10.5. The summed E-state index contributed by atoms with van der Waals surface area (Å²) in [7, 11) is 1.94. The van der Waals surface area contributed by atoms with Crippen molar-refractivity contribution in [1.82, 2.24) is 50.3 Å². The number of halogens is 2. The normalized spacial score (nSPS) is 18.8. The van der Waals surface area contributed by atoms with Gasteiger partial charge < -0.3 is 44.9 Å². The van der Waals surface area contributed by atoms with E-state index in [0.29, 0.717) is 92.8 Å². The highest BCUT2D eigenvalue weighted by molar-refractivity contribution is 7.80. The molecule has 0 spiro atoms. The Morgan fingerprint density at radius 3 is 2.05 bits per heavy atom. The van der Waals surface area contributed by atoms with E-state index in [0.717, 1.165) is 73.4 Å². The average molecular weight is 1090 g/mol. The molecule has 4 fully saturated rings. The molecule has 0 radical (unpaired) electrons. The molecule has 2 saturated carbocycles. The number of carbonyl (C=O) groups excluding carboxylic acids is 4. The molecule has 4 aromatic rings. The second-order valence-corrected chi connectivity index (χ2v) is 22.4. The van der Waals surface area contributed by atoms with E-state index < -0.39 is 35.3 Å². The second-order valence-electron chi connectivity index (χ2n) is 21.5. The predicted molar refractivity (Wildman–Crippen MR) is 293 cm³/mol. The number of likely N-dealkylation sites (tertiary alicyclic amines) is 2. The average Bonchev–Trinajstić information content (AvgIpc) is 4.15. The van der Waals surface area contributed by atoms with Gasteiger partial charge in [0.15, 0.2) is 11.2 Å². The minimum atomic E-state index is -1.29. The summed E-state index contributed by atoms with van der Waals surface area (Å²) >= 11 is 12.0. The van der Waals surface area contributed by atoms with Crippen LogP contribution in [-0.4, -0.2) is 127 Å². The van der Waals surface area contributed by atoms with Crippen LogP contribution in [0.1, 0.15) is 126 Å². The molecule has 76 heavy (non-hydrogen) atoms. The maximum atomic E-state index is 15.6. The number of nitrogens with zero attached hydrogens (tertiary/aromatic N) is 6. The molecule has 0 bridgehead atoms. The van der Waals surface area contributed by atoms with E-state index in [-0.39, 0.29) is 49.4 Å². The highest BCUT2D eigenvalue weighted by Gasteiger charge is 2.52. The maximum absolute atomic E-state index is 15.6. The number of benzene rings is 2. The Bertz CT molecular complexity index is 2500. The minimum absolute atomic E-state index is 0.0300. The number of aryl methyl sites for hydroxylation is 1. The topological polar surface area (TPSA) is 179 Å². The van der Waals surface area contributed by atoms with Crippen LogP contribution >= 0.6 is 23.8 Å². The van der Waals surface area contributed by atoms with Crippen molar-refractivity contribution in [3.8, 4) is 0 Å². The van der Waals surface area contributed by atoms with Crippen LogP contribution in [0.2, 0.25) is 5.02 Å². The molecule has 2 aromatic carbocycles. The number of piperidine rings is 2. The van der Waals surface area contributed by atoms with Gasteiger partial charge in [0.2, 0.25) is 11.8 Å². The fourth-order valence-corrected chi connectivity index (χ4v) is 12.6. The zero-order valence-electron chi connectivity index (χ0n) is 44.4. The lowest BCUT2D eigenvalue weighted by molar-refractivity contribution is -0.208. The minimum Gasteiger partial charge on any atom is -0.375 e. The number of hydrogen-bond acceptors (Lipinski definition) is 9. The third kappa shape index (κ3) is 14.5. The monoisotopic (exact) mass is 1080 g/mol. The van der Waals surface area contributed by atoms with Gasteiger partial charge in [-0.1, -0.05) is 81.3 Å². The van der Waals surface area contributed by atoms with Gasteiger partial charge in [0.1, 0.15) is 11.9 Å². The lowest BCUT2D eigenvalue weighted by Gasteiger charge is -2.48. The van der Waals surface area contributed by atoms with Crippen molar-refractivity contribution in [2.75, 3.05) is 45.9 Å². The number of thiocarbonyl (C=S) groups is 1. The molecule has 8 rings (SSSR count). The Hall–Kier alpha value is -5.59. The van der Waals surface area contributed by atoms with Crippen molar-refractivity contribution in [1.29, 1.82) is 0 Å². The van der Waals surface area contributed by atoms with Gasteiger partial charge in [0, 0.05) is 107 Å². The molecule has 0 unspecified atom stereocenters. The number of carbonyl (C=O) groups is 4. The summed E-state index contributed by atoms with van der Waals surface area (Å²) in [5, 5.41) is 11.4. The van der Waals surface area contributed by atoms with E-state index in [1.54, 1.807) is 52.9 Å². The zero-order valence-corrected chi connectivity index (χ0v) is 46.0. The molecule has 4 aliphatic rings. The number of aromatic nitrogens is 4. The summed E-state index contributed by atoms with van der Waals surface area (Å²) in [5.41, 5.74) is 1.92. The van der Waals surface area contributed by atoms with Gasteiger partial charge in [-0.15, -0.1) is 5.06 Å². The fraction of sp³-hybridized carbons (Fsp3) is 0.596. The fourth-order valence-electron chi connectivity index (χ4n) is 12.2. The van der Waals surface area contributed by atoms with E-state index >= 15 is 9.59 Å². The summed E-state index contributed by atoms with van der Waals surface area (Å²) in [6.45, 7) is 4.81. The third-order valence-corrected chi connectivity index (χ3v) is 17.2. The van der Waals surface area contributed by atoms with Gasteiger partial charge in [-0.3, -0.25) is 9.59 Å². The lowest BCUT2D eigenvalue weighted by atomic mass is 9.63. The highest BCUT2D eigenvalue weighted by Crippen LogP contribution is 2.48. The molecule has 4 amide bonds. The number of imidazole rings is 2. The SMILES string of the molecule is CCCOC1(C2CCCCC2)CCN(C(=O)[C@@H](Cc2ccc(F)cc2)N(OC(=O)C2(C3CCCCC3)CCN(C(=O)[C@@H](Cc3ccc(Cl)cc3)NC(=S)NCCc3cncn3C)CC2)C(=O)NCCc2cnc[nH]2)CC1. The summed E-state index contributed by atoms with van der Waals surface area (Å²) in [6.07, 6.45) is 21.2.